The monoisotopic (exact) mass is 402 g/mol. The molecule has 4 amide bonds. The first-order chi connectivity index (χ1) is 13.6. The molecule has 1 aromatic rings. The number of amides is 4. The molecule has 2 atom stereocenters. The fraction of sp³-hybridized carbons (Fsp3) is 0.571. The largest absolute Gasteiger partial charge is 0.444 e. The number of hydrogen-bond acceptors (Lipinski definition) is 5. The van der Waals surface area contributed by atoms with Crippen LogP contribution in [0.3, 0.4) is 0 Å². The summed E-state index contributed by atoms with van der Waals surface area (Å²) in [5.41, 5.74) is 0.945. The summed E-state index contributed by atoms with van der Waals surface area (Å²) in [6.45, 7) is 5.96. The van der Waals surface area contributed by atoms with Crippen LogP contribution < -0.4 is 15.1 Å². The molecule has 158 valence electrons. The second-order valence-corrected chi connectivity index (χ2v) is 8.78. The Hall–Kier alpha value is -2.77. The first-order valence-corrected chi connectivity index (χ1v) is 9.97. The minimum Gasteiger partial charge on any atom is -0.444 e. The van der Waals surface area contributed by atoms with Gasteiger partial charge < -0.3 is 19.9 Å². The van der Waals surface area contributed by atoms with Crippen LogP contribution in [0, 0.1) is 0 Å². The molecule has 2 fully saturated rings. The maximum atomic E-state index is 13.1. The summed E-state index contributed by atoms with van der Waals surface area (Å²) in [6.07, 6.45) is 1.11. The Morgan fingerprint density at radius 1 is 1.17 bits per heavy atom. The van der Waals surface area contributed by atoms with Gasteiger partial charge in [0, 0.05) is 26.3 Å². The number of anilines is 2. The van der Waals surface area contributed by atoms with Gasteiger partial charge in [0.05, 0.1) is 24.2 Å². The number of carbonyl (C=O) groups is 3. The van der Waals surface area contributed by atoms with Crippen molar-refractivity contribution in [3.8, 4) is 0 Å². The van der Waals surface area contributed by atoms with Crippen LogP contribution in [0.2, 0.25) is 0 Å². The maximum Gasteiger partial charge on any atom is 0.407 e. The molecule has 0 spiro atoms. The van der Waals surface area contributed by atoms with Crippen LogP contribution in [-0.4, -0.2) is 61.3 Å². The highest BCUT2D eigenvalue weighted by Crippen LogP contribution is 2.31. The topological polar surface area (TPSA) is 82.2 Å². The van der Waals surface area contributed by atoms with E-state index in [9.17, 15) is 14.4 Å². The number of imide groups is 1. The molecule has 8 heteroatoms. The van der Waals surface area contributed by atoms with E-state index in [1.807, 2.05) is 31.1 Å². The summed E-state index contributed by atoms with van der Waals surface area (Å²) in [4.78, 5) is 43.1. The van der Waals surface area contributed by atoms with Crippen molar-refractivity contribution in [3.63, 3.8) is 0 Å². The second-order valence-electron chi connectivity index (χ2n) is 8.78. The first-order valence-electron chi connectivity index (χ1n) is 9.97. The Morgan fingerprint density at radius 2 is 1.83 bits per heavy atom. The van der Waals surface area contributed by atoms with Crippen LogP contribution in [0.25, 0.3) is 0 Å². The van der Waals surface area contributed by atoms with Crippen molar-refractivity contribution in [1.29, 1.82) is 0 Å². The van der Waals surface area contributed by atoms with E-state index >= 15 is 0 Å². The van der Waals surface area contributed by atoms with Crippen molar-refractivity contribution in [2.24, 2.45) is 0 Å². The number of urea groups is 1. The Bertz CT molecular complexity index is 785. The molecule has 2 heterocycles. The molecule has 8 nitrogen and oxygen atoms in total. The lowest BCUT2D eigenvalue weighted by Gasteiger charge is -2.46. The molecule has 1 aromatic carbocycles. The molecular formula is C21H30N4O4. The number of carbonyl (C=O) groups excluding carboxylic acids is 3. The Balaban J connectivity index is 1.75. The average Bonchev–Trinajstić information content (AvgIpc) is 2.61. The Labute approximate surface area is 171 Å². The zero-order valence-corrected chi connectivity index (χ0v) is 17.8. The van der Waals surface area contributed by atoms with Gasteiger partial charge >= 0.3 is 12.1 Å². The lowest BCUT2D eigenvalue weighted by atomic mass is 9.91. The first kappa shape index (κ1) is 21.0. The lowest BCUT2D eigenvalue weighted by molar-refractivity contribution is -0.121. The SMILES string of the molecule is CN(C)c1ccc(N2C(=O)CC3C(NC(=O)OC(C)(C)C)CCCN3C2=O)cc1. The Morgan fingerprint density at radius 3 is 2.41 bits per heavy atom. The highest BCUT2D eigenvalue weighted by Gasteiger charge is 2.45. The summed E-state index contributed by atoms with van der Waals surface area (Å²) in [7, 11) is 3.87. The van der Waals surface area contributed by atoms with Crippen LogP contribution in [0.4, 0.5) is 21.0 Å². The van der Waals surface area contributed by atoms with Crippen LogP contribution in [0.5, 0.6) is 0 Å². The molecule has 2 aliphatic heterocycles. The summed E-state index contributed by atoms with van der Waals surface area (Å²) in [5.74, 6) is -0.258. The predicted octanol–water partition coefficient (Wildman–Crippen LogP) is 2.97. The van der Waals surface area contributed by atoms with Crippen LogP contribution in [0.15, 0.2) is 24.3 Å². The molecule has 0 saturated carbocycles. The maximum absolute atomic E-state index is 13.1. The fourth-order valence-electron chi connectivity index (χ4n) is 3.83. The lowest BCUT2D eigenvalue weighted by Crippen LogP contribution is -2.65. The molecule has 1 N–H and O–H groups in total. The summed E-state index contributed by atoms with van der Waals surface area (Å²) < 4.78 is 5.34. The van der Waals surface area contributed by atoms with Gasteiger partial charge in [0.2, 0.25) is 5.91 Å². The highest BCUT2D eigenvalue weighted by atomic mass is 16.6. The van der Waals surface area contributed by atoms with E-state index in [4.69, 9.17) is 4.74 Å². The fourth-order valence-corrected chi connectivity index (χ4v) is 3.83. The van der Waals surface area contributed by atoms with Gasteiger partial charge in [0.25, 0.3) is 0 Å². The van der Waals surface area contributed by atoms with E-state index in [1.165, 1.54) is 4.90 Å². The average molecular weight is 402 g/mol. The van der Waals surface area contributed by atoms with Gasteiger partial charge in [-0.15, -0.1) is 0 Å². The van der Waals surface area contributed by atoms with Crippen molar-refractivity contribution in [2.45, 2.75) is 57.7 Å². The third-order valence-electron chi connectivity index (χ3n) is 5.18. The molecule has 29 heavy (non-hydrogen) atoms. The number of ether oxygens (including phenoxy) is 1. The number of fused-ring (bicyclic) bond motifs is 1. The van der Waals surface area contributed by atoms with Crippen molar-refractivity contribution >= 4 is 29.4 Å². The zero-order chi connectivity index (χ0) is 21.3. The highest BCUT2D eigenvalue weighted by molar-refractivity contribution is 6.16. The third-order valence-corrected chi connectivity index (χ3v) is 5.18. The minimum atomic E-state index is -0.605. The van der Waals surface area contributed by atoms with Gasteiger partial charge in [-0.05, 0) is 57.9 Å². The zero-order valence-electron chi connectivity index (χ0n) is 17.8. The van der Waals surface area contributed by atoms with Crippen LogP contribution in [0.1, 0.15) is 40.0 Å². The van der Waals surface area contributed by atoms with Crippen molar-refractivity contribution in [1.82, 2.24) is 10.2 Å². The summed E-state index contributed by atoms with van der Waals surface area (Å²) in [5, 5.41) is 2.86. The van der Waals surface area contributed by atoms with Crippen molar-refractivity contribution in [2.75, 3.05) is 30.4 Å². The number of alkyl carbamates (subject to hydrolysis) is 1. The quantitative estimate of drug-likeness (QED) is 0.841. The van der Waals surface area contributed by atoms with Crippen molar-refractivity contribution in [3.05, 3.63) is 24.3 Å². The number of rotatable bonds is 3. The van der Waals surface area contributed by atoms with E-state index in [-0.39, 0.29) is 30.4 Å². The van der Waals surface area contributed by atoms with Crippen molar-refractivity contribution < 1.29 is 19.1 Å². The summed E-state index contributed by atoms with van der Waals surface area (Å²) in [6, 6.07) is 6.34. The van der Waals surface area contributed by atoms with E-state index in [0.29, 0.717) is 18.7 Å². The molecule has 0 aromatic heterocycles. The van der Waals surface area contributed by atoms with E-state index < -0.39 is 11.7 Å². The van der Waals surface area contributed by atoms with Gasteiger partial charge in [0.1, 0.15) is 5.60 Å². The van der Waals surface area contributed by atoms with Gasteiger partial charge in [-0.3, -0.25) is 4.79 Å². The van der Waals surface area contributed by atoms with Crippen LogP contribution >= 0.6 is 0 Å². The predicted molar refractivity (Wildman–Crippen MR) is 111 cm³/mol. The molecular weight excluding hydrogens is 372 g/mol. The molecule has 3 rings (SSSR count). The number of hydrogen-bond donors (Lipinski definition) is 1. The standard InChI is InChI=1S/C21H30N4O4/c1-21(2,3)29-19(27)22-16-7-6-12-24-17(16)13-18(26)25(20(24)28)15-10-8-14(9-11-15)23(4)5/h8-11,16-17H,6-7,12-13H2,1-5H3,(H,22,27). The molecule has 0 bridgehead atoms. The van der Waals surface area contributed by atoms with Gasteiger partial charge in [-0.2, -0.15) is 0 Å². The van der Waals surface area contributed by atoms with E-state index in [1.54, 1.807) is 37.8 Å². The molecule has 0 radical (unpaired) electrons. The van der Waals surface area contributed by atoms with Gasteiger partial charge in [-0.25, -0.2) is 14.5 Å². The minimum absolute atomic E-state index is 0.168. The summed E-state index contributed by atoms with van der Waals surface area (Å²) >= 11 is 0. The number of piperidine rings is 1. The number of benzene rings is 1. The number of nitrogens with zero attached hydrogens (tertiary/aromatic N) is 3. The molecule has 2 unspecified atom stereocenters. The smallest absolute Gasteiger partial charge is 0.407 e. The molecule has 0 aliphatic carbocycles. The number of nitrogens with one attached hydrogen (secondary N) is 1. The third kappa shape index (κ3) is 4.63. The normalized spacial score (nSPS) is 22.2. The molecule has 2 saturated heterocycles. The molecule has 2 aliphatic rings. The van der Waals surface area contributed by atoms with Gasteiger partial charge in [0.15, 0.2) is 0 Å². The van der Waals surface area contributed by atoms with E-state index in [2.05, 4.69) is 5.32 Å². The second kappa shape index (κ2) is 7.93. The van der Waals surface area contributed by atoms with E-state index in [0.717, 1.165) is 12.1 Å². The van der Waals surface area contributed by atoms with Gasteiger partial charge in [-0.1, -0.05) is 0 Å². The Kier molecular flexibility index (Phi) is 5.73. The van der Waals surface area contributed by atoms with Crippen LogP contribution in [-0.2, 0) is 9.53 Å².